The van der Waals surface area contributed by atoms with Crippen LogP contribution in [0, 0.1) is 0 Å². The third kappa shape index (κ3) is 3.93. The van der Waals surface area contributed by atoms with Crippen LogP contribution in [0.15, 0.2) is 41.8 Å². The van der Waals surface area contributed by atoms with Crippen LogP contribution in [0.1, 0.15) is 20.8 Å². The zero-order valence-electron chi connectivity index (χ0n) is 10.1. The van der Waals surface area contributed by atoms with Crippen molar-refractivity contribution in [2.75, 3.05) is 0 Å². The largest absolute Gasteiger partial charge is 0.545 e. The zero-order chi connectivity index (χ0) is 13.7. The second-order valence-corrected chi connectivity index (χ2v) is 5.05. The van der Waals surface area contributed by atoms with Gasteiger partial charge in [-0.1, -0.05) is 30.3 Å². The van der Waals surface area contributed by atoms with Crippen molar-refractivity contribution in [1.29, 1.82) is 0 Å². The fourth-order valence-electron chi connectivity index (χ4n) is 1.59. The van der Waals surface area contributed by atoms with Gasteiger partial charge >= 0.3 is 0 Å². The number of carboxylic acids is 1. The number of aromatic carboxylic acids is 1. The van der Waals surface area contributed by atoms with Gasteiger partial charge in [0.25, 0.3) is 0 Å². The van der Waals surface area contributed by atoms with Crippen molar-refractivity contribution >= 4 is 23.2 Å². The van der Waals surface area contributed by atoms with Gasteiger partial charge in [0.2, 0.25) is 5.91 Å². The maximum atomic E-state index is 11.7. The molecule has 5 heteroatoms. The fourth-order valence-corrected chi connectivity index (χ4v) is 2.30. The van der Waals surface area contributed by atoms with E-state index in [1.54, 1.807) is 23.5 Å². The lowest BCUT2D eigenvalue weighted by molar-refractivity contribution is -0.255. The summed E-state index contributed by atoms with van der Waals surface area (Å²) in [6.07, 6.45) is 0.370. The minimum absolute atomic E-state index is 0.0496. The Labute approximate surface area is 114 Å². The predicted molar refractivity (Wildman–Crippen MR) is 70.6 cm³/mol. The van der Waals surface area contributed by atoms with Crippen LogP contribution in [0.25, 0.3) is 0 Å². The maximum absolute atomic E-state index is 11.7. The molecule has 0 atom stereocenters. The highest BCUT2D eigenvalue weighted by atomic mass is 32.1. The maximum Gasteiger partial charge on any atom is 0.225 e. The van der Waals surface area contributed by atoms with Gasteiger partial charge in [0, 0.05) is 11.4 Å². The number of benzene rings is 1. The van der Waals surface area contributed by atoms with Gasteiger partial charge < -0.3 is 15.2 Å². The molecule has 1 N–H and O–H groups in total. The highest BCUT2D eigenvalue weighted by Crippen LogP contribution is 2.09. The van der Waals surface area contributed by atoms with Crippen LogP contribution >= 0.6 is 11.3 Å². The molecule has 0 aliphatic carbocycles. The molecule has 0 saturated carbocycles. The van der Waals surface area contributed by atoms with Crippen LogP contribution in [0.4, 0.5) is 0 Å². The van der Waals surface area contributed by atoms with Gasteiger partial charge in [-0.3, -0.25) is 4.79 Å². The number of carbonyl (C=O) groups excluding carboxylic acids is 2. The SMILES string of the molecule is O=C(Cc1cccs1)NCc1ccc(C(=O)[O-])cc1. The van der Waals surface area contributed by atoms with Crippen molar-refractivity contribution in [3.05, 3.63) is 57.8 Å². The van der Waals surface area contributed by atoms with E-state index < -0.39 is 5.97 Å². The lowest BCUT2D eigenvalue weighted by Crippen LogP contribution is -2.24. The van der Waals surface area contributed by atoms with Crippen molar-refractivity contribution in [2.24, 2.45) is 0 Å². The molecule has 0 spiro atoms. The first kappa shape index (κ1) is 13.3. The molecule has 0 fully saturated rings. The topological polar surface area (TPSA) is 69.2 Å². The second-order valence-electron chi connectivity index (χ2n) is 4.02. The van der Waals surface area contributed by atoms with Crippen LogP contribution in [0.5, 0.6) is 0 Å². The first-order valence-electron chi connectivity index (χ1n) is 5.74. The Bertz CT molecular complexity index is 561. The summed E-state index contributed by atoms with van der Waals surface area (Å²) in [5, 5.41) is 15.3. The van der Waals surface area contributed by atoms with Crippen molar-refractivity contribution in [3.63, 3.8) is 0 Å². The van der Waals surface area contributed by atoms with E-state index in [0.717, 1.165) is 10.4 Å². The summed E-state index contributed by atoms with van der Waals surface area (Å²) in [6, 6.07) is 10.1. The Kier molecular flexibility index (Phi) is 4.30. The van der Waals surface area contributed by atoms with Gasteiger partial charge in [-0.05, 0) is 22.6 Å². The Balaban J connectivity index is 1.84. The smallest absolute Gasteiger partial charge is 0.225 e. The van der Waals surface area contributed by atoms with Crippen molar-refractivity contribution < 1.29 is 14.7 Å². The summed E-state index contributed by atoms with van der Waals surface area (Å²) in [5.41, 5.74) is 0.984. The number of hydrogen-bond acceptors (Lipinski definition) is 4. The second kappa shape index (κ2) is 6.15. The number of hydrogen-bond donors (Lipinski definition) is 1. The molecule has 0 unspecified atom stereocenters. The molecule has 2 rings (SSSR count). The summed E-state index contributed by atoms with van der Waals surface area (Å²) in [5.74, 6) is -1.25. The van der Waals surface area contributed by atoms with Gasteiger partial charge in [-0.15, -0.1) is 11.3 Å². The quantitative estimate of drug-likeness (QED) is 0.883. The van der Waals surface area contributed by atoms with E-state index in [1.165, 1.54) is 12.1 Å². The average molecular weight is 274 g/mol. The fraction of sp³-hybridized carbons (Fsp3) is 0.143. The predicted octanol–water partition coefficient (Wildman–Crippen LogP) is 0.970. The van der Waals surface area contributed by atoms with Gasteiger partial charge in [-0.2, -0.15) is 0 Å². The molecule has 0 bridgehead atoms. The van der Waals surface area contributed by atoms with Gasteiger partial charge in [0.15, 0.2) is 0 Å². The van der Waals surface area contributed by atoms with Crippen LogP contribution in [-0.4, -0.2) is 11.9 Å². The van der Waals surface area contributed by atoms with Gasteiger partial charge in [-0.25, -0.2) is 0 Å². The van der Waals surface area contributed by atoms with Crippen LogP contribution < -0.4 is 10.4 Å². The third-order valence-corrected chi connectivity index (χ3v) is 3.47. The number of carbonyl (C=O) groups is 2. The van der Waals surface area contributed by atoms with E-state index in [0.29, 0.717) is 13.0 Å². The molecule has 1 aromatic carbocycles. The summed E-state index contributed by atoms with van der Waals surface area (Å²) in [6.45, 7) is 0.386. The van der Waals surface area contributed by atoms with Crippen molar-refractivity contribution in [3.8, 4) is 0 Å². The van der Waals surface area contributed by atoms with Crippen LogP contribution in [-0.2, 0) is 17.8 Å². The first-order valence-corrected chi connectivity index (χ1v) is 6.62. The Morgan fingerprint density at radius 3 is 2.47 bits per heavy atom. The highest BCUT2D eigenvalue weighted by Gasteiger charge is 2.04. The van der Waals surface area contributed by atoms with E-state index in [2.05, 4.69) is 5.32 Å². The average Bonchev–Trinajstić information content (AvgIpc) is 2.89. The van der Waals surface area contributed by atoms with Crippen molar-refractivity contribution in [1.82, 2.24) is 5.32 Å². The lowest BCUT2D eigenvalue weighted by atomic mass is 10.1. The standard InChI is InChI=1S/C14H13NO3S/c16-13(8-12-2-1-7-19-12)15-9-10-3-5-11(6-4-10)14(17)18/h1-7H,8-9H2,(H,15,16)(H,17,18)/p-1. The van der Waals surface area contributed by atoms with E-state index >= 15 is 0 Å². The molecule has 2 aromatic rings. The van der Waals surface area contributed by atoms with Crippen molar-refractivity contribution in [2.45, 2.75) is 13.0 Å². The third-order valence-electron chi connectivity index (χ3n) is 2.59. The number of nitrogens with one attached hydrogen (secondary N) is 1. The summed E-state index contributed by atoms with van der Waals surface area (Å²) >= 11 is 1.55. The first-order chi connectivity index (χ1) is 9.15. The Hall–Kier alpha value is -2.14. The summed E-state index contributed by atoms with van der Waals surface area (Å²) in [7, 11) is 0. The van der Waals surface area contributed by atoms with E-state index in [1.807, 2.05) is 17.5 Å². The molecule has 1 heterocycles. The molecular weight excluding hydrogens is 262 g/mol. The van der Waals surface area contributed by atoms with Crippen LogP contribution in [0.3, 0.4) is 0 Å². The summed E-state index contributed by atoms with van der Waals surface area (Å²) < 4.78 is 0. The minimum Gasteiger partial charge on any atom is -0.545 e. The molecular formula is C14H12NO3S-. The van der Waals surface area contributed by atoms with Gasteiger partial charge in [0.05, 0.1) is 12.4 Å². The molecule has 0 saturated heterocycles. The molecule has 1 aromatic heterocycles. The minimum atomic E-state index is -1.20. The number of carboxylic acid groups (broad SMARTS) is 1. The number of amides is 1. The lowest BCUT2D eigenvalue weighted by Gasteiger charge is -2.06. The van der Waals surface area contributed by atoms with E-state index in [-0.39, 0.29) is 11.5 Å². The normalized spacial score (nSPS) is 10.1. The molecule has 19 heavy (non-hydrogen) atoms. The van der Waals surface area contributed by atoms with Crippen LogP contribution in [0.2, 0.25) is 0 Å². The Morgan fingerprint density at radius 1 is 1.16 bits per heavy atom. The molecule has 1 amide bonds. The molecule has 0 aliphatic rings. The van der Waals surface area contributed by atoms with E-state index in [9.17, 15) is 14.7 Å². The summed E-state index contributed by atoms with van der Waals surface area (Å²) in [4.78, 5) is 23.2. The van der Waals surface area contributed by atoms with E-state index in [4.69, 9.17) is 0 Å². The monoisotopic (exact) mass is 274 g/mol. The molecule has 0 radical (unpaired) electrons. The number of thiophene rings is 1. The highest BCUT2D eigenvalue weighted by molar-refractivity contribution is 7.10. The zero-order valence-corrected chi connectivity index (χ0v) is 10.9. The Morgan fingerprint density at radius 2 is 1.89 bits per heavy atom. The molecule has 98 valence electrons. The van der Waals surface area contributed by atoms with Gasteiger partial charge in [0.1, 0.15) is 0 Å². The molecule has 0 aliphatic heterocycles. The number of rotatable bonds is 5. The molecule has 4 nitrogen and oxygen atoms in total.